The zero-order chi connectivity index (χ0) is 13.7. The number of carboxylic acid groups (broad SMARTS) is 1. The first-order valence-corrected chi connectivity index (χ1v) is 6.19. The predicted octanol–water partition coefficient (Wildman–Crippen LogP) is 1.95. The lowest BCUT2D eigenvalue weighted by Gasteiger charge is -2.09. The Morgan fingerprint density at radius 1 is 1.50 bits per heavy atom. The number of nitrogens with zero attached hydrogens (tertiary/aromatic N) is 2. The minimum absolute atomic E-state index is 0.0521. The maximum atomic E-state index is 10.8. The van der Waals surface area contributed by atoms with Crippen LogP contribution >= 0.6 is 11.8 Å². The van der Waals surface area contributed by atoms with Crippen LogP contribution in [0.25, 0.3) is 0 Å². The first-order chi connectivity index (χ1) is 8.41. The molecule has 0 amide bonds. The predicted molar refractivity (Wildman–Crippen MR) is 69.3 cm³/mol. The Morgan fingerprint density at radius 3 is 2.67 bits per heavy atom. The van der Waals surface area contributed by atoms with E-state index in [0.717, 1.165) is 6.54 Å². The molecule has 1 aromatic rings. The molecule has 98 valence electrons. The number of carboxylic acids is 1. The largest absolute Gasteiger partial charge is 0.478 e. The highest BCUT2D eigenvalue weighted by molar-refractivity contribution is 7.99. The van der Waals surface area contributed by atoms with E-state index in [2.05, 4.69) is 0 Å². The van der Waals surface area contributed by atoms with Gasteiger partial charge in [-0.1, -0.05) is 0 Å². The van der Waals surface area contributed by atoms with Crippen LogP contribution in [0, 0.1) is 10.1 Å². The standard InChI is InChI=1S/C11H14N2O4S/c1-12(2)5-6-18-10-7-8(11(14)15)3-4-9(10)13(16)17/h3-4,7H,5-6H2,1-2H3,(H,14,15). The van der Waals surface area contributed by atoms with Gasteiger partial charge in [-0.15, -0.1) is 11.8 Å². The number of hydrogen-bond acceptors (Lipinski definition) is 5. The van der Waals surface area contributed by atoms with Crippen molar-refractivity contribution in [2.24, 2.45) is 0 Å². The summed E-state index contributed by atoms with van der Waals surface area (Å²) in [5.41, 5.74) is 0.0108. The van der Waals surface area contributed by atoms with Gasteiger partial charge in [-0.3, -0.25) is 10.1 Å². The molecule has 0 aliphatic heterocycles. The zero-order valence-corrected chi connectivity index (χ0v) is 10.9. The van der Waals surface area contributed by atoms with Crippen LogP contribution in [0.2, 0.25) is 0 Å². The van der Waals surface area contributed by atoms with Crippen LogP contribution in [0.3, 0.4) is 0 Å². The van der Waals surface area contributed by atoms with E-state index >= 15 is 0 Å². The molecule has 0 radical (unpaired) electrons. The van der Waals surface area contributed by atoms with Crippen LogP contribution < -0.4 is 0 Å². The number of benzene rings is 1. The van der Waals surface area contributed by atoms with Crippen molar-refractivity contribution in [3.63, 3.8) is 0 Å². The summed E-state index contributed by atoms with van der Waals surface area (Å²) in [6.45, 7) is 0.763. The number of nitro groups is 1. The topological polar surface area (TPSA) is 83.7 Å². The van der Waals surface area contributed by atoms with Crippen LogP contribution in [0.5, 0.6) is 0 Å². The first-order valence-electron chi connectivity index (χ1n) is 5.21. The molecule has 0 saturated carbocycles. The van der Waals surface area contributed by atoms with E-state index in [0.29, 0.717) is 10.6 Å². The second kappa shape index (κ2) is 6.36. The number of aromatic carboxylic acids is 1. The second-order valence-corrected chi connectivity index (χ2v) is 5.03. The van der Waals surface area contributed by atoms with Crippen molar-refractivity contribution in [1.29, 1.82) is 0 Å². The van der Waals surface area contributed by atoms with Gasteiger partial charge in [0.1, 0.15) is 0 Å². The number of rotatable bonds is 6. The molecule has 0 heterocycles. The van der Waals surface area contributed by atoms with Gasteiger partial charge in [0.15, 0.2) is 0 Å². The lowest BCUT2D eigenvalue weighted by Crippen LogP contribution is -2.14. The van der Waals surface area contributed by atoms with E-state index < -0.39 is 10.9 Å². The van der Waals surface area contributed by atoms with Crippen LogP contribution in [-0.4, -0.2) is 47.3 Å². The van der Waals surface area contributed by atoms with E-state index in [1.165, 1.54) is 30.0 Å². The minimum atomic E-state index is -1.08. The molecule has 1 aromatic carbocycles. The summed E-state index contributed by atoms with van der Waals surface area (Å²) in [7, 11) is 3.81. The van der Waals surface area contributed by atoms with Gasteiger partial charge < -0.3 is 10.0 Å². The van der Waals surface area contributed by atoms with Crippen molar-refractivity contribution < 1.29 is 14.8 Å². The molecule has 18 heavy (non-hydrogen) atoms. The van der Waals surface area contributed by atoms with Gasteiger partial charge in [-0.25, -0.2) is 4.79 Å². The minimum Gasteiger partial charge on any atom is -0.478 e. The fourth-order valence-corrected chi connectivity index (χ4v) is 2.43. The smallest absolute Gasteiger partial charge is 0.335 e. The van der Waals surface area contributed by atoms with Crippen LogP contribution in [0.4, 0.5) is 5.69 Å². The van der Waals surface area contributed by atoms with Gasteiger partial charge in [0.2, 0.25) is 0 Å². The average molecular weight is 270 g/mol. The van der Waals surface area contributed by atoms with Gasteiger partial charge in [0, 0.05) is 18.4 Å². The Kier molecular flexibility index (Phi) is 5.11. The van der Waals surface area contributed by atoms with Crippen molar-refractivity contribution in [2.45, 2.75) is 4.90 Å². The van der Waals surface area contributed by atoms with E-state index in [1.54, 1.807) is 0 Å². The Balaban J connectivity index is 2.93. The quantitative estimate of drug-likeness (QED) is 0.483. The maximum Gasteiger partial charge on any atom is 0.335 e. The molecule has 0 aromatic heterocycles. The molecule has 0 aliphatic rings. The molecule has 1 N–H and O–H groups in total. The van der Waals surface area contributed by atoms with Crippen molar-refractivity contribution >= 4 is 23.4 Å². The highest BCUT2D eigenvalue weighted by atomic mass is 32.2. The van der Waals surface area contributed by atoms with Crippen LogP contribution in [-0.2, 0) is 0 Å². The molecule has 6 nitrogen and oxygen atoms in total. The molecule has 7 heteroatoms. The highest BCUT2D eigenvalue weighted by Crippen LogP contribution is 2.30. The van der Waals surface area contributed by atoms with E-state index in [9.17, 15) is 14.9 Å². The van der Waals surface area contributed by atoms with E-state index in [4.69, 9.17) is 5.11 Å². The van der Waals surface area contributed by atoms with Crippen LogP contribution in [0.1, 0.15) is 10.4 Å². The number of nitro benzene ring substituents is 1. The summed E-state index contributed by atoms with van der Waals surface area (Å²) in [6, 6.07) is 3.83. The molecule has 0 aliphatic carbocycles. The Hall–Kier alpha value is -1.60. The molecule has 1 rings (SSSR count). The summed E-state index contributed by atoms with van der Waals surface area (Å²) < 4.78 is 0. The lowest BCUT2D eigenvalue weighted by atomic mass is 10.2. The number of hydrogen-bond donors (Lipinski definition) is 1. The summed E-state index contributed by atoms with van der Waals surface area (Å²) in [5.74, 6) is -0.420. The number of carbonyl (C=O) groups is 1. The SMILES string of the molecule is CN(C)CCSc1cc(C(=O)O)ccc1[N+](=O)[O-]. The van der Waals surface area contributed by atoms with Gasteiger partial charge in [0.05, 0.1) is 15.4 Å². The van der Waals surface area contributed by atoms with Crippen molar-refractivity contribution in [2.75, 3.05) is 26.4 Å². The van der Waals surface area contributed by atoms with Gasteiger partial charge in [-0.2, -0.15) is 0 Å². The summed E-state index contributed by atoms with van der Waals surface area (Å²) in [4.78, 5) is 23.5. The third-order valence-electron chi connectivity index (χ3n) is 2.20. The second-order valence-electron chi connectivity index (χ2n) is 3.90. The van der Waals surface area contributed by atoms with E-state index in [1.807, 2.05) is 19.0 Å². The molecule has 0 saturated heterocycles. The molecular weight excluding hydrogens is 256 g/mol. The first kappa shape index (κ1) is 14.5. The molecule has 0 bridgehead atoms. The van der Waals surface area contributed by atoms with Gasteiger partial charge in [0.25, 0.3) is 5.69 Å². The molecule has 0 unspecified atom stereocenters. The highest BCUT2D eigenvalue weighted by Gasteiger charge is 2.16. The normalized spacial score (nSPS) is 10.6. The van der Waals surface area contributed by atoms with Gasteiger partial charge >= 0.3 is 5.97 Å². The van der Waals surface area contributed by atoms with Crippen molar-refractivity contribution in [1.82, 2.24) is 4.90 Å². The van der Waals surface area contributed by atoms with Crippen molar-refractivity contribution in [3.05, 3.63) is 33.9 Å². The van der Waals surface area contributed by atoms with Gasteiger partial charge in [-0.05, 0) is 26.2 Å². The summed E-state index contributed by atoms with van der Waals surface area (Å²) >= 11 is 1.29. The Bertz CT molecular complexity index is 462. The fraction of sp³-hybridized carbons (Fsp3) is 0.364. The zero-order valence-electron chi connectivity index (χ0n) is 10.1. The monoisotopic (exact) mass is 270 g/mol. The molecular formula is C11H14N2O4S. The molecule has 0 fully saturated rings. The third-order valence-corrected chi connectivity index (χ3v) is 3.22. The molecule has 0 spiro atoms. The van der Waals surface area contributed by atoms with E-state index in [-0.39, 0.29) is 11.3 Å². The Morgan fingerprint density at radius 2 is 2.17 bits per heavy atom. The third kappa shape index (κ3) is 4.01. The maximum absolute atomic E-state index is 10.8. The summed E-state index contributed by atoms with van der Waals surface area (Å²) in [6.07, 6.45) is 0. The number of thioether (sulfide) groups is 1. The summed E-state index contributed by atoms with van der Waals surface area (Å²) in [5, 5.41) is 19.7. The lowest BCUT2D eigenvalue weighted by molar-refractivity contribution is -0.387. The van der Waals surface area contributed by atoms with Crippen LogP contribution in [0.15, 0.2) is 23.1 Å². The Labute approximate surface area is 109 Å². The molecule has 0 atom stereocenters. The average Bonchev–Trinajstić information content (AvgIpc) is 2.27. The van der Waals surface area contributed by atoms with Crippen molar-refractivity contribution in [3.8, 4) is 0 Å². The fourth-order valence-electron chi connectivity index (χ4n) is 1.25.